The van der Waals surface area contributed by atoms with E-state index in [-0.39, 0.29) is 5.56 Å². The number of nitrogens with one attached hydrogen (secondary N) is 1. The number of hydrogen-bond acceptors (Lipinski definition) is 4. The Labute approximate surface area is 144 Å². The monoisotopic (exact) mass is 334 g/mol. The molecule has 0 radical (unpaired) electrons. The molecule has 7 heteroatoms. The molecule has 4 rings (SSSR count). The van der Waals surface area contributed by atoms with E-state index in [1.165, 1.54) is 4.57 Å². The van der Waals surface area contributed by atoms with Gasteiger partial charge in [0.15, 0.2) is 0 Å². The first-order valence-electron chi connectivity index (χ1n) is 7.92. The average Bonchev–Trinajstić information content (AvgIpc) is 3.24. The first kappa shape index (κ1) is 15.2. The van der Waals surface area contributed by atoms with E-state index in [1.807, 2.05) is 50.0 Å². The molecule has 0 unspecified atom stereocenters. The van der Waals surface area contributed by atoms with Gasteiger partial charge in [0.1, 0.15) is 5.69 Å². The molecule has 3 aromatic heterocycles. The molecule has 0 aliphatic heterocycles. The number of aromatic nitrogens is 5. The van der Waals surface area contributed by atoms with Crippen LogP contribution in [-0.2, 0) is 0 Å². The summed E-state index contributed by atoms with van der Waals surface area (Å²) in [6.45, 7) is 2.01. The fourth-order valence-corrected chi connectivity index (χ4v) is 2.92. The third-order valence-corrected chi connectivity index (χ3v) is 4.19. The SMILES string of the molecule is Cc1cc(-n2ccnc2)cc2[nH]c(-n3cccc(N(C)C)c3=O)nc12. The molecule has 0 fully saturated rings. The van der Waals surface area contributed by atoms with Crippen molar-refractivity contribution in [1.29, 1.82) is 0 Å². The fourth-order valence-electron chi connectivity index (χ4n) is 2.92. The average molecular weight is 334 g/mol. The van der Waals surface area contributed by atoms with E-state index in [2.05, 4.69) is 15.0 Å². The highest BCUT2D eigenvalue weighted by Gasteiger charge is 2.12. The number of fused-ring (bicyclic) bond motifs is 1. The molecule has 0 amide bonds. The molecule has 25 heavy (non-hydrogen) atoms. The summed E-state index contributed by atoms with van der Waals surface area (Å²) >= 11 is 0. The van der Waals surface area contributed by atoms with Gasteiger partial charge in [0, 0.05) is 38.4 Å². The lowest BCUT2D eigenvalue weighted by atomic mass is 10.2. The number of nitrogens with zero attached hydrogens (tertiary/aromatic N) is 5. The fraction of sp³-hybridized carbons (Fsp3) is 0.167. The highest BCUT2D eigenvalue weighted by atomic mass is 16.1. The van der Waals surface area contributed by atoms with E-state index < -0.39 is 0 Å². The zero-order valence-corrected chi connectivity index (χ0v) is 14.3. The van der Waals surface area contributed by atoms with E-state index in [1.54, 1.807) is 29.7 Å². The number of aromatic amines is 1. The summed E-state index contributed by atoms with van der Waals surface area (Å²) < 4.78 is 3.47. The number of pyridine rings is 1. The van der Waals surface area contributed by atoms with Crippen LogP contribution in [0.3, 0.4) is 0 Å². The van der Waals surface area contributed by atoms with E-state index in [0.717, 1.165) is 22.3 Å². The molecule has 0 aliphatic carbocycles. The minimum Gasteiger partial charge on any atom is -0.373 e. The topological polar surface area (TPSA) is 71.7 Å². The molecule has 4 aromatic rings. The van der Waals surface area contributed by atoms with Gasteiger partial charge in [-0.3, -0.25) is 9.36 Å². The Morgan fingerprint density at radius 1 is 1.20 bits per heavy atom. The molecule has 0 saturated heterocycles. The molecule has 3 heterocycles. The van der Waals surface area contributed by atoms with Crippen molar-refractivity contribution in [3.05, 3.63) is 65.1 Å². The van der Waals surface area contributed by atoms with Crippen LogP contribution < -0.4 is 10.5 Å². The van der Waals surface area contributed by atoms with Crippen LogP contribution in [0.4, 0.5) is 5.69 Å². The molecular weight excluding hydrogens is 316 g/mol. The Hall–Kier alpha value is -3.35. The minimum absolute atomic E-state index is 0.112. The summed E-state index contributed by atoms with van der Waals surface area (Å²) in [6.07, 6.45) is 7.11. The molecule has 0 spiro atoms. The van der Waals surface area contributed by atoms with E-state index in [9.17, 15) is 4.79 Å². The number of anilines is 1. The maximum Gasteiger partial charge on any atom is 0.280 e. The molecule has 1 aromatic carbocycles. The van der Waals surface area contributed by atoms with Gasteiger partial charge >= 0.3 is 0 Å². The largest absolute Gasteiger partial charge is 0.373 e. The maximum atomic E-state index is 12.7. The van der Waals surface area contributed by atoms with Crippen LogP contribution in [0.1, 0.15) is 5.56 Å². The summed E-state index contributed by atoms with van der Waals surface area (Å²) in [6, 6.07) is 7.69. The van der Waals surface area contributed by atoms with Crippen molar-refractivity contribution in [2.45, 2.75) is 6.92 Å². The molecule has 0 saturated carbocycles. The Kier molecular flexibility index (Phi) is 3.42. The second-order valence-electron chi connectivity index (χ2n) is 6.15. The first-order valence-corrected chi connectivity index (χ1v) is 7.92. The molecule has 0 aliphatic rings. The van der Waals surface area contributed by atoms with Gasteiger partial charge in [-0.2, -0.15) is 0 Å². The summed E-state index contributed by atoms with van der Waals surface area (Å²) in [5, 5.41) is 0. The van der Waals surface area contributed by atoms with Crippen LogP contribution in [0, 0.1) is 6.92 Å². The summed E-state index contributed by atoms with van der Waals surface area (Å²) in [5.41, 5.74) is 4.24. The zero-order chi connectivity index (χ0) is 17.6. The minimum atomic E-state index is -0.112. The van der Waals surface area contributed by atoms with Gasteiger partial charge in [0.2, 0.25) is 5.95 Å². The quantitative estimate of drug-likeness (QED) is 0.624. The first-order chi connectivity index (χ1) is 12.0. The lowest BCUT2D eigenvalue weighted by Gasteiger charge is -2.12. The third kappa shape index (κ3) is 2.50. The Morgan fingerprint density at radius 2 is 2.04 bits per heavy atom. The number of rotatable bonds is 3. The normalized spacial score (nSPS) is 11.2. The number of hydrogen-bond donors (Lipinski definition) is 1. The van der Waals surface area contributed by atoms with Crippen molar-refractivity contribution in [2.24, 2.45) is 0 Å². The lowest BCUT2D eigenvalue weighted by Crippen LogP contribution is -2.26. The van der Waals surface area contributed by atoms with Gasteiger partial charge in [-0.1, -0.05) is 0 Å². The van der Waals surface area contributed by atoms with Gasteiger partial charge < -0.3 is 14.5 Å². The van der Waals surface area contributed by atoms with Crippen LogP contribution in [0.2, 0.25) is 0 Å². The molecule has 0 atom stereocenters. The summed E-state index contributed by atoms with van der Waals surface area (Å²) in [7, 11) is 3.70. The van der Waals surface area contributed by atoms with E-state index >= 15 is 0 Å². The number of benzene rings is 1. The van der Waals surface area contributed by atoms with Crippen molar-refractivity contribution in [3.8, 4) is 11.6 Å². The summed E-state index contributed by atoms with van der Waals surface area (Å²) in [4.78, 5) is 26.4. The highest BCUT2D eigenvalue weighted by Crippen LogP contribution is 2.22. The maximum absolute atomic E-state index is 12.7. The van der Waals surface area contributed by atoms with Gasteiger partial charge in [-0.15, -0.1) is 0 Å². The molecular formula is C18H18N6O. The zero-order valence-electron chi connectivity index (χ0n) is 14.3. The van der Waals surface area contributed by atoms with E-state index in [4.69, 9.17) is 0 Å². The Balaban J connectivity index is 1.89. The predicted octanol–water partition coefficient (Wildman–Crippen LogP) is 2.27. The molecule has 126 valence electrons. The van der Waals surface area contributed by atoms with Crippen LogP contribution in [0.5, 0.6) is 0 Å². The molecule has 1 N–H and O–H groups in total. The second kappa shape index (κ2) is 5.62. The molecule has 0 bridgehead atoms. The second-order valence-corrected chi connectivity index (χ2v) is 6.15. The van der Waals surface area contributed by atoms with Crippen LogP contribution in [0.15, 0.2) is 54.0 Å². The van der Waals surface area contributed by atoms with Gasteiger partial charge in [0.05, 0.1) is 17.4 Å². The number of H-pyrrole nitrogens is 1. The lowest BCUT2D eigenvalue weighted by molar-refractivity contribution is 0.905. The van der Waals surface area contributed by atoms with Crippen LogP contribution in [0.25, 0.3) is 22.7 Å². The van der Waals surface area contributed by atoms with Crippen molar-refractivity contribution >= 4 is 16.7 Å². The van der Waals surface area contributed by atoms with Gasteiger partial charge in [-0.05, 0) is 36.8 Å². The number of aryl methyl sites for hydroxylation is 1. The van der Waals surface area contributed by atoms with Crippen molar-refractivity contribution in [3.63, 3.8) is 0 Å². The van der Waals surface area contributed by atoms with Crippen molar-refractivity contribution < 1.29 is 0 Å². The Bertz CT molecular complexity index is 1100. The molecule has 7 nitrogen and oxygen atoms in total. The van der Waals surface area contributed by atoms with Crippen molar-refractivity contribution in [1.82, 2.24) is 24.1 Å². The number of imidazole rings is 2. The summed E-state index contributed by atoms with van der Waals surface area (Å²) in [5.74, 6) is 0.509. The van der Waals surface area contributed by atoms with Gasteiger partial charge in [0.25, 0.3) is 5.56 Å². The smallest absolute Gasteiger partial charge is 0.280 e. The van der Waals surface area contributed by atoms with Crippen LogP contribution in [-0.4, -0.2) is 38.2 Å². The van der Waals surface area contributed by atoms with Crippen molar-refractivity contribution in [2.75, 3.05) is 19.0 Å². The van der Waals surface area contributed by atoms with Crippen LogP contribution >= 0.6 is 0 Å². The van der Waals surface area contributed by atoms with E-state index in [0.29, 0.717) is 11.6 Å². The standard InChI is InChI=1S/C18H18N6O/c1-12-9-13(23-8-6-19-11-23)10-14-16(12)21-18(20-14)24-7-4-5-15(17(24)25)22(2)3/h4-11H,1-3H3,(H,20,21). The highest BCUT2D eigenvalue weighted by molar-refractivity contribution is 5.82. The predicted molar refractivity (Wildman–Crippen MR) is 97.9 cm³/mol. The third-order valence-electron chi connectivity index (χ3n) is 4.19. The Morgan fingerprint density at radius 3 is 2.76 bits per heavy atom. The van der Waals surface area contributed by atoms with Gasteiger partial charge in [-0.25, -0.2) is 9.97 Å².